The van der Waals surface area contributed by atoms with E-state index in [0.29, 0.717) is 19.5 Å². The van der Waals surface area contributed by atoms with Gasteiger partial charge in [-0.05, 0) is 25.5 Å². The van der Waals surface area contributed by atoms with E-state index in [-0.39, 0.29) is 35.4 Å². The number of hydrogen-bond acceptors (Lipinski definition) is 5. The van der Waals surface area contributed by atoms with Crippen molar-refractivity contribution in [3.05, 3.63) is 29.8 Å². The molecule has 3 rings (SSSR count). The van der Waals surface area contributed by atoms with Crippen LogP contribution in [0.15, 0.2) is 29.2 Å². The van der Waals surface area contributed by atoms with Crippen molar-refractivity contribution in [3.8, 4) is 0 Å². The van der Waals surface area contributed by atoms with Gasteiger partial charge in [0.15, 0.2) is 9.84 Å². The van der Waals surface area contributed by atoms with Crippen LogP contribution in [0.5, 0.6) is 0 Å². The number of sulfone groups is 1. The first kappa shape index (κ1) is 18.3. The van der Waals surface area contributed by atoms with E-state index in [1.54, 1.807) is 29.2 Å². The number of nitrogens with zero attached hydrogens (tertiary/aromatic N) is 2. The van der Waals surface area contributed by atoms with Crippen LogP contribution in [0.25, 0.3) is 0 Å². The van der Waals surface area contributed by atoms with Crippen LogP contribution < -0.4 is 0 Å². The lowest BCUT2D eigenvalue weighted by atomic mass is 10.1. The van der Waals surface area contributed by atoms with Crippen molar-refractivity contribution >= 4 is 25.8 Å². The lowest BCUT2D eigenvalue weighted by Crippen LogP contribution is -2.52. The van der Waals surface area contributed by atoms with Gasteiger partial charge in [-0.1, -0.05) is 17.7 Å². The van der Waals surface area contributed by atoms with Crippen molar-refractivity contribution in [2.45, 2.75) is 18.2 Å². The molecule has 0 unspecified atom stereocenters. The predicted molar refractivity (Wildman–Crippen MR) is 93.3 cm³/mol. The minimum Gasteiger partial charge on any atom is -0.340 e. The predicted octanol–water partition coefficient (Wildman–Crippen LogP) is 0.263. The van der Waals surface area contributed by atoms with Crippen LogP contribution >= 0.6 is 0 Å². The van der Waals surface area contributed by atoms with E-state index < -0.39 is 25.8 Å². The van der Waals surface area contributed by atoms with Gasteiger partial charge in [0.05, 0.1) is 22.3 Å². The van der Waals surface area contributed by atoms with E-state index in [1.807, 2.05) is 6.92 Å². The lowest BCUT2D eigenvalue weighted by Gasteiger charge is -2.35. The molecule has 2 heterocycles. The Balaban J connectivity index is 1.63. The average molecular weight is 386 g/mol. The second-order valence-corrected chi connectivity index (χ2v) is 10.8. The number of carbonyl (C=O) groups excluding carboxylic acids is 1. The van der Waals surface area contributed by atoms with Crippen molar-refractivity contribution in [2.75, 3.05) is 37.7 Å². The Hall–Kier alpha value is -1.45. The Morgan fingerprint density at radius 3 is 2.20 bits per heavy atom. The maximum atomic E-state index is 12.7. The molecule has 2 saturated heterocycles. The largest absolute Gasteiger partial charge is 0.340 e. The van der Waals surface area contributed by atoms with Crippen molar-refractivity contribution in [2.24, 2.45) is 5.92 Å². The molecule has 2 aliphatic rings. The van der Waals surface area contributed by atoms with E-state index >= 15 is 0 Å². The van der Waals surface area contributed by atoms with Crippen LogP contribution in [-0.4, -0.2) is 69.6 Å². The van der Waals surface area contributed by atoms with Crippen LogP contribution in [0.2, 0.25) is 0 Å². The summed E-state index contributed by atoms with van der Waals surface area (Å²) in [6.45, 7) is 2.92. The quantitative estimate of drug-likeness (QED) is 0.743. The fourth-order valence-electron chi connectivity index (χ4n) is 3.26. The summed E-state index contributed by atoms with van der Waals surface area (Å²) in [5, 5.41) is 0. The van der Waals surface area contributed by atoms with E-state index in [9.17, 15) is 21.6 Å². The molecule has 2 fully saturated rings. The van der Waals surface area contributed by atoms with Crippen molar-refractivity contribution in [1.29, 1.82) is 0 Å². The zero-order valence-electron chi connectivity index (χ0n) is 14.1. The summed E-state index contributed by atoms with van der Waals surface area (Å²) in [6.07, 6.45) is 0.364. The molecule has 0 N–H and O–H groups in total. The number of rotatable bonds is 3. The molecule has 25 heavy (non-hydrogen) atoms. The fraction of sp³-hybridized carbons (Fsp3) is 0.562. The van der Waals surface area contributed by atoms with Gasteiger partial charge in [0, 0.05) is 26.2 Å². The topological polar surface area (TPSA) is 91.8 Å². The minimum atomic E-state index is -3.57. The summed E-state index contributed by atoms with van der Waals surface area (Å²) in [6, 6.07) is 6.69. The van der Waals surface area contributed by atoms with Crippen LogP contribution in [0.4, 0.5) is 0 Å². The highest BCUT2D eigenvalue weighted by atomic mass is 32.2. The lowest BCUT2D eigenvalue weighted by molar-refractivity contribution is -0.135. The monoisotopic (exact) mass is 386 g/mol. The maximum absolute atomic E-state index is 12.7. The number of hydrogen-bond donors (Lipinski definition) is 0. The van der Waals surface area contributed by atoms with Gasteiger partial charge in [-0.3, -0.25) is 4.79 Å². The first-order valence-electron chi connectivity index (χ1n) is 8.25. The first-order chi connectivity index (χ1) is 11.7. The number of piperazine rings is 1. The molecular formula is C16H22N2O5S2. The Labute approximate surface area is 148 Å². The van der Waals surface area contributed by atoms with Crippen molar-refractivity contribution in [3.63, 3.8) is 0 Å². The van der Waals surface area contributed by atoms with E-state index in [0.717, 1.165) is 5.56 Å². The third-order valence-electron chi connectivity index (χ3n) is 4.79. The summed E-state index contributed by atoms with van der Waals surface area (Å²) >= 11 is 0. The van der Waals surface area contributed by atoms with Crippen LogP contribution in [0.3, 0.4) is 0 Å². The second kappa shape index (κ2) is 6.69. The van der Waals surface area contributed by atoms with Gasteiger partial charge in [0.1, 0.15) is 0 Å². The molecule has 1 atom stereocenters. The summed E-state index contributed by atoms with van der Waals surface area (Å²) in [7, 11) is -6.67. The molecule has 0 aromatic heterocycles. The van der Waals surface area contributed by atoms with Gasteiger partial charge in [-0.25, -0.2) is 16.8 Å². The number of amides is 1. The molecule has 2 aliphatic heterocycles. The van der Waals surface area contributed by atoms with Gasteiger partial charge in [-0.2, -0.15) is 4.31 Å². The molecule has 0 radical (unpaired) electrons. The maximum Gasteiger partial charge on any atom is 0.243 e. The summed E-state index contributed by atoms with van der Waals surface area (Å²) in [4.78, 5) is 14.3. The molecular weight excluding hydrogens is 364 g/mol. The molecule has 0 spiro atoms. The molecule has 1 aromatic rings. The average Bonchev–Trinajstić information content (AvgIpc) is 2.95. The highest BCUT2D eigenvalue weighted by molar-refractivity contribution is 7.91. The Morgan fingerprint density at radius 2 is 1.68 bits per heavy atom. The van der Waals surface area contributed by atoms with Gasteiger partial charge in [-0.15, -0.1) is 0 Å². The third-order valence-corrected chi connectivity index (χ3v) is 8.47. The van der Waals surface area contributed by atoms with E-state index in [1.165, 1.54) is 4.31 Å². The molecule has 9 heteroatoms. The standard InChI is InChI=1S/C16H22N2O5S2/c1-13-2-4-15(5-3-13)25(22,23)18-9-7-17(8-10-18)16(19)14-6-11-24(20,21)12-14/h2-5,14H,6-12H2,1H3/t14-/m1/s1. The van der Waals surface area contributed by atoms with Gasteiger partial charge >= 0.3 is 0 Å². The Kier molecular flexibility index (Phi) is 4.91. The molecule has 0 aliphatic carbocycles. The zero-order chi connectivity index (χ0) is 18.2. The first-order valence-corrected chi connectivity index (χ1v) is 11.5. The zero-order valence-corrected chi connectivity index (χ0v) is 15.7. The SMILES string of the molecule is Cc1ccc(S(=O)(=O)N2CCN(C(=O)[C@@H]3CCS(=O)(=O)C3)CC2)cc1. The third kappa shape index (κ3) is 3.88. The van der Waals surface area contributed by atoms with Gasteiger partial charge in [0.25, 0.3) is 0 Å². The number of aryl methyl sites for hydroxylation is 1. The van der Waals surface area contributed by atoms with Crippen LogP contribution in [0, 0.1) is 12.8 Å². The van der Waals surface area contributed by atoms with Crippen LogP contribution in [-0.2, 0) is 24.7 Å². The molecule has 0 saturated carbocycles. The van der Waals surface area contributed by atoms with Gasteiger partial charge in [0.2, 0.25) is 15.9 Å². The molecule has 138 valence electrons. The molecule has 1 amide bonds. The summed E-state index contributed by atoms with van der Waals surface area (Å²) in [5.41, 5.74) is 0.987. The van der Waals surface area contributed by atoms with Crippen LogP contribution in [0.1, 0.15) is 12.0 Å². The molecule has 0 bridgehead atoms. The Bertz CT molecular complexity index is 854. The number of sulfonamides is 1. The summed E-state index contributed by atoms with van der Waals surface area (Å²) in [5.74, 6) is -0.683. The fourth-order valence-corrected chi connectivity index (χ4v) is 6.41. The van der Waals surface area contributed by atoms with Gasteiger partial charge < -0.3 is 4.90 Å². The normalized spacial score (nSPS) is 24.4. The highest BCUT2D eigenvalue weighted by Gasteiger charge is 2.37. The van der Waals surface area contributed by atoms with E-state index in [4.69, 9.17) is 0 Å². The molecule has 7 nitrogen and oxygen atoms in total. The van der Waals surface area contributed by atoms with E-state index in [2.05, 4.69) is 0 Å². The Morgan fingerprint density at radius 1 is 1.08 bits per heavy atom. The number of carbonyl (C=O) groups is 1. The minimum absolute atomic E-state index is 0.0607. The van der Waals surface area contributed by atoms with Crippen molar-refractivity contribution in [1.82, 2.24) is 9.21 Å². The number of benzene rings is 1. The smallest absolute Gasteiger partial charge is 0.243 e. The summed E-state index contributed by atoms with van der Waals surface area (Å²) < 4.78 is 49.8. The van der Waals surface area contributed by atoms with Crippen molar-refractivity contribution < 1.29 is 21.6 Å². The highest BCUT2D eigenvalue weighted by Crippen LogP contribution is 2.23. The molecule has 1 aromatic carbocycles. The second-order valence-electron chi connectivity index (χ2n) is 6.64.